The second-order valence-corrected chi connectivity index (χ2v) is 14.2. The fourth-order valence-corrected chi connectivity index (χ4v) is 7.78. The first-order valence-corrected chi connectivity index (χ1v) is 16.8. The molecule has 4 atom stereocenters. The van der Waals surface area contributed by atoms with Crippen molar-refractivity contribution in [1.82, 2.24) is 24.4 Å². The number of hydrogen-bond donors (Lipinski definition) is 0. The summed E-state index contributed by atoms with van der Waals surface area (Å²) in [7, 11) is 1.43. The Kier molecular flexibility index (Phi) is 8.81. The van der Waals surface area contributed by atoms with Crippen molar-refractivity contribution in [2.45, 2.75) is 64.8 Å². The van der Waals surface area contributed by atoms with Gasteiger partial charge in [-0.3, -0.25) is 9.69 Å². The molecule has 3 aliphatic rings. The Labute approximate surface area is 287 Å². The number of hydrogen-bond acceptors (Lipinski definition) is 9. The number of ether oxygens (including phenoxy) is 3. The number of aromatic nitrogens is 4. The number of alkyl halides is 2. The normalized spacial score (nSPS) is 22.0. The SMILES string of the molecule is COC(=O)[C@@H]1[C@@H]2CCC[C@H]1CN(c1ncc(-c3cc4c(cc3F)nc3n4[C@H](c4ccccc4OC(F)F)CN(C(=O)OC(C)(C)C)C3)cn1)C2. The molecule has 1 saturated heterocycles. The Bertz CT molecular complexity index is 1900. The Hall–Kier alpha value is -4.88. The molecule has 4 heterocycles. The highest BCUT2D eigenvalue weighted by Gasteiger charge is 2.44. The number of fused-ring (bicyclic) bond motifs is 5. The number of piperidine rings is 1. The zero-order valence-electron chi connectivity index (χ0n) is 28.3. The van der Waals surface area contributed by atoms with Crippen molar-refractivity contribution in [3.8, 4) is 16.9 Å². The van der Waals surface area contributed by atoms with Crippen LogP contribution < -0.4 is 9.64 Å². The van der Waals surface area contributed by atoms with E-state index >= 15 is 4.39 Å². The molecule has 1 aliphatic carbocycles. The average Bonchev–Trinajstić information content (AvgIpc) is 3.43. The number of benzene rings is 2. The molecule has 14 heteroatoms. The number of esters is 1. The van der Waals surface area contributed by atoms with Crippen LogP contribution in [-0.2, 0) is 20.8 Å². The first-order chi connectivity index (χ1) is 23.9. The zero-order valence-corrected chi connectivity index (χ0v) is 28.3. The maximum Gasteiger partial charge on any atom is 0.410 e. The summed E-state index contributed by atoms with van der Waals surface area (Å²) in [4.78, 5) is 43.2. The lowest BCUT2D eigenvalue weighted by atomic mass is 9.69. The highest BCUT2D eigenvalue weighted by Crippen LogP contribution is 2.42. The number of methoxy groups -OCH3 is 1. The number of halogens is 3. The van der Waals surface area contributed by atoms with E-state index in [1.54, 1.807) is 57.4 Å². The van der Waals surface area contributed by atoms with Gasteiger partial charge in [0.25, 0.3) is 0 Å². The molecule has 0 spiro atoms. The summed E-state index contributed by atoms with van der Waals surface area (Å²) in [6, 6.07) is 8.66. The molecule has 7 rings (SSSR count). The van der Waals surface area contributed by atoms with Crippen LogP contribution in [0, 0.1) is 23.6 Å². The minimum Gasteiger partial charge on any atom is -0.469 e. The van der Waals surface area contributed by atoms with Crippen molar-refractivity contribution < 1.29 is 37.0 Å². The van der Waals surface area contributed by atoms with Gasteiger partial charge in [0.15, 0.2) is 0 Å². The number of rotatable bonds is 6. The number of para-hydroxylation sites is 1. The van der Waals surface area contributed by atoms with E-state index in [-0.39, 0.29) is 48.1 Å². The summed E-state index contributed by atoms with van der Waals surface area (Å²) in [6.45, 7) is 3.59. The lowest BCUT2D eigenvalue weighted by Crippen LogP contribution is -2.52. The molecule has 2 aromatic heterocycles. The quantitative estimate of drug-likeness (QED) is 0.207. The van der Waals surface area contributed by atoms with Gasteiger partial charge < -0.3 is 23.7 Å². The third kappa shape index (κ3) is 6.42. The Morgan fingerprint density at radius 2 is 1.70 bits per heavy atom. The number of amides is 1. The molecule has 0 N–H and O–H groups in total. The summed E-state index contributed by atoms with van der Waals surface area (Å²) >= 11 is 0. The van der Waals surface area contributed by atoms with E-state index in [2.05, 4.69) is 19.9 Å². The van der Waals surface area contributed by atoms with Crippen LogP contribution in [0.3, 0.4) is 0 Å². The summed E-state index contributed by atoms with van der Waals surface area (Å²) in [6.07, 6.45) is 5.50. The predicted octanol–water partition coefficient (Wildman–Crippen LogP) is 6.60. The second kappa shape index (κ2) is 13.1. The van der Waals surface area contributed by atoms with Crippen molar-refractivity contribution in [2.24, 2.45) is 17.8 Å². The van der Waals surface area contributed by atoms with Gasteiger partial charge in [0, 0.05) is 54.8 Å². The van der Waals surface area contributed by atoms with Crippen molar-refractivity contribution in [1.29, 1.82) is 0 Å². The molecule has 0 unspecified atom stereocenters. The van der Waals surface area contributed by atoms with Crippen LogP contribution in [0.5, 0.6) is 5.75 Å². The van der Waals surface area contributed by atoms with Crippen molar-refractivity contribution >= 4 is 29.0 Å². The molecular weight excluding hydrogens is 653 g/mol. The molecule has 264 valence electrons. The molecule has 4 aromatic rings. The van der Waals surface area contributed by atoms with E-state index in [1.165, 1.54) is 24.1 Å². The van der Waals surface area contributed by atoms with Gasteiger partial charge in [0.2, 0.25) is 5.95 Å². The van der Waals surface area contributed by atoms with Gasteiger partial charge in [-0.15, -0.1) is 0 Å². The van der Waals surface area contributed by atoms with E-state index in [0.29, 0.717) is 47.0 Å². The minimum atomic E-state index is -3.07. The van der Waals surface area contributed by atoms with Gasteiger partial charge in [-0.1, -0.05) is 24.6 Å². The van der Waals surface area contributed by atoms with Gasteiger partial charge >= 0.3 is 18.7 Å². The summed E-state index contributed by atoms with van der Waals surface area (Å²) in [5.74, 6) is 0.377. The van der Waals surface area contributed by atoms with Crippen LogP contribution in [0.2, 0.25) is 0 Å². The Morgan fingerprint density at radius 1 is 1.00 bits per heavy atom. The average molecular weight is 693 g/mol. The fraction of sp³-hybridized carbons (Fsp3) is 0.472. The molecule has 11 nitrogen and oxygen atoms in total. The van der Waals surface area contributed by atoms with Crippen molar-refractivity contribution in [3.63, 3.8) is 0 Å². The van der Waals surface area contributed by atoms with Gasteiger partial charge in [0.1, 0.15) is 23.0 Å². The second-order valence-electron chi connectivity index (χ2n) is 14.2. The first-order valence-electron chi connectivity index (χ1n) is 16.8. The Morgan fingerprint density at radius 3 is 2.36 bits per heavy atom. The van der Waals surface area contributed by atoms with Crippen LogP contribution in [0.1, 0.15) is 57.5 Å². The highest BCUT2D eigenvalue weighted by atomic mass is 19.3. The molecule has 1 saturated carbocycles. The fourth-order valence-electron chi connectivity index (χ4n) is 7.78. The van der Waals surface area contributed by atoms with E-state index in [4.69, 9.17) is 14.2 Å². The number of carbonyl (C=O) groups is 2. The van der Waals surface area contributed by atoms with Crippen LogP contribution in [0.4, 0.5) is 23.9 Å². The van der Waals surface area contributed by atoms with Gasteiger partial charge in [-0.2, -0.15) is 8.78 Å². The smallest absolute Gasteiger partial charge is 0.410 e. The molecule has 1 amide bonds. The van der Waals surface area contributed by atoms with Crippen LogP contribution >= 0.6 is 0 Å². The zero-order chi connectivity index (χ0) is 35.3. The number of imidazole rings is 1. The molecule has 2 fully saturated rings. The maximum atomic E-state index is 15.8. The molecule has 2 aliphatic heterocycles. The van der Waals surface area contributed by atoms with Crippen LogP contribution in [0.25, 0.3) is 22.2 Å². The minimum absolute atomic E-state index is 0.0441. The van der Waals surface area contributed by atoms with E-state index < -0.39 is 30.2 Å². The molecule has 2 bridgehead atoms. The predicted molar refractivity (Wildman–Crippen MR) is 177 cm³/mol. The third-order valence-electron chi connectivity index (χ3n) is 9.82. The number of carbonyl (C=O) groups excluding carboxylic acids is 2. The summed E-state index contributed by atoms with van der Waals surface area (Å²) in [5, 5.41) is 0. The monoisotopic (exact) mass is 692 g/mol. The molecule has 50 heavy (non-hydrogen) atoms. The van der Waals surface area contributed by atoms with Crippen molar-refractivity contribution in [3.05, 3.63) is 66.0 Å². The van der Waals surface area contributed by atoms with E-state index in [9.17, 15) is 18.4 Å². The lowest BCUT2D eigenvalue weighted by Gasteiger charge is -2.45. The first kappa shape index (κ1) is 33.6. The van der Waals surface area contributed by atoms with Gasteiger partial charge in [-0.05, 0) is 57.6 Å². The summed E-state index contributed by atoms with van der Waals surface area (Å²) < 4.78 is 60.3. The molecule has 2 aromatic carbocycles. The third-order valence-corrected chi connectivity index (χ3v) is 9.82. The van der Waals surface area contributed by atoms with Gasteiger partial charge in [-0.25, -0.2) is 24.1 Å². The van der Waals surface area contributed by atoms with Gasteiger partial charge in [0.05, 0.1) is 36.6 Å². The number of nitrogens with zero attached hydrogens (tertiary/aromatic N) is 6. The molecular formula is C36H39F3N6O5. The lowest BCUT2D eigenvalue weighted by molar-refractivity contribution is -0.152. The highest BCUT2D eigenvalue weighted by molar-refractivity contribution is 5.84. The Balaban J connectivity index is 1.24. The van der Waals surface area contributed by atoms with Crippen LogP contribution in [0.15, 0.2) is 48.8 Å². The standard InChI is InChI=1S/C36H39F3N6O5/c1-36(2,3)50-35(47)44-18-28(23-10-5-6-11-29(23)49-33(38)39)45-27-12-24(25(37)13-26(27)42-30(45)19-44)22-14-40-34(41-15-22)43-16-20-8-7-9-21(17-43)31(20)32(46)48-4/h5-6,10-15,20-21,28,31,33H,7-9,16-19H2,1-4H3/t20-,21+,28-,31-/m0/s1. The molecule has 0 radical (unpaired) electrons. The van der Waals surface area contributed by atoms with Crippen molar-refractivity contribution in [2.75, 3.05) is 31.6 Å². The number of anilines is 1. The van der Waals surface area contributed by atoms with Crippen LogP contribution in [-0.4, -0.2) is 75.4 Å². The topological polar surface area (TPSA) is 112 Å². The van der Waals surface area contributed by atoms with E-state index in [1.807, 2.05) is 4.57 Å². The largest absolute Gasteiger partial charge is 0.469 e. The van der Waals surface area contributed by atoms with E-state index in [0.717, 1.165) is 19.3 Å². The summed E-state index contributed by atoms with van der Waals surface area (Å²) in [5.41, 5.74) is 1.19. The maximum absolute atomic E-state index is 15.8.